The molecule has 0 aliphatic carbocycles. The van der Waals surface area contributed by atoms with E-state index in [1.54, 1.807) is 0 Å². The molecule has 0 bridgehead atoms. The standard InChI is InChI=1S/C10H15FN6O3/c11-5-6(19)4(2-18)20-7(5)3-1-15-9(16-3)8(12)17-10(13)14/h1,4-7,18-19H,2H2,(H,15,16)(H5,12,13,14,17)/t4-,5-,6-,7?/m1/s1. The van der Waals surface area contributed by atoms with Crippen molar-refractivity contribution in [1.29, 1.82) is 5.41 Å². The number of nitrogens with one attached hydrogen (secondary N) is 2. The lowest BCUT2D eigenvalue weighted by Crippen LogP contribution is -2.30. The summed E-state index contributed by atoms with van der Waals surface area (Å²) in [6, 6.07) is 0. The van der Waals surface area contributed by atoms with E-state index in [0.717, 1.165) is 0 Å². The van der Waals surface area contributed by atoms with Crippen molar-refractivity contribution in [3.63, 3.8) is 0 Å². The molecule has 1 aromatic heterocycles. The second kappa shape index (κ2) is 5.53. The van der Waals surface area contributed by atoms with Gasteiger partial charge in [0.2, 0.25) is 5.96 Å². The zero-order chi connectivity index (χ0) is 14.9. The fourth-order valence-corrected chi connectivity index (χ4v) is 1.92. The highest BCUT2D eigenvalue weighted by Crippen LogP contribution is 2.34. The largest absolute Gasteiger partial charge is 0.394 e. The minimum Gasteiger partial charge on any atom is -0.394 e. The Labute approximate surface area is 113 Å². The Hall–Kier alpha value is -2.04. The molecular formula is C10H15FN6O3. The van der Waals surface area contributed by atoms with E-state index in [-0.39, 0.29) is 17.4 Å². The lowest BCUT2D eigenvalue weighted by atomic mass is 10.1. The number of nitrogens with two attached hydrogens (primary N) is 2. The average molecular weight is 286 g/mol. The first-order chi connectivity index (χ1) is 9.43. The first kappa shape index (κ1) is 14.4. The van der Waals surface area contributed by atoms with E-state index in [9.17, 15) is 9.50 Å². The Bertz CT molecular complexity index is 533. The number of alkyl halides is 1. The molecule has 10 heteroatoms. The summed E-state index contributed by atoms with van der Waals surface area (Å²) in [5.74, 6) is -0.513. The van der Waals surface area contributed by atoms with Gasteiger partial charge in [-0.3, -0.25) is 5.41 Å². The topological polar surface area (TPSA) is 167 Å². The van der Waals surface area contributed by atoms with Crippen LogP contribution in [-0.2, 0) is 4.74 Å². The van der Waals surface area contributed by atoms with Crippen LogP contribution in [0.2, 0.25) is 0 Å². The third-order valence-corrected chi connectivity index (χ3v) is 2.88. The highest BCUT2D eigenvalue weighted by molar-refractivity contribution is 6.01. The molecule has 1 saturated heterocycles. The summed E-state index contributed by atoms with van der Waals surface area (Å²) in [6.07, 6.45) is -3.92. The number of aromatic amines is 1. The van der Waals surface area contributed by atoms with Gasteiger partial charge in [-0.05, 0) is 0 Å². The number of aromatic nitrogens is 2. The van der Waals surface area contributed by atoms with E-state index in [4.69, 9.17) is 26.7 Å². The van der Waals surface area contributed by atoms with Crippen molar-refractivity contribution in [2.75, 3.05) is 6.61 Å². The van der Waals surface area contributed by atoms with Gasteiger partial charge in [0.15, 0.2) is 17.8 Å². The van der Waals surface area contributed by atoms with E-state index < -0.39 is 37.1 Å². The summed E-state index contributed by atoms with van der Waals surface area (Å²) in [4.78, 5) is 10.0. The van der Waals surface area contributed by atoms with Crippen molar-refractivity contribution in [2.45, 2.75) is 24.5 Å². The second-order valence-electron chi connectivity index (χ2n) is 4.28. The Morgan fingerprint density at radius 2 is 2.30 bits per heavy atom. The predicted octanol–water partition coefficient (Wildman–Crippen LogP) is -1.86. The number of hydrogen-bond acceptors (Lipinski definition) is 5. The van der Waals surface area contributed by atoms with Gasteiger partial charge in [-0.15, -0.1) is 0 Å². The SMILES string of the molecule is N=C(N)N=C(N)c1ncc(C2O[C@H](CO)[C@@H](O)[C@H]2F)[nH]1. The number of imidazole rings is 1. The number of aliphatic hydroxyl groups excluding tert-OH is 2. The number of guanidine groups is 1. The zero-order valence-electron chi connectivity index (χ0n) is 10.3. The number of amidine groups is 1. The van der Waals surface area contributed by atoms with Gasteiger partial charge >= 0.3 is 0 Å². The van der Waals surface area contributed by atoms with Crippen LogP contribution in [0.3, 0.4) is 0 Å². The van der Waals surface area contributed by atoms with Gasteiger partial charge in [-0.1, -0.05) is 0 Å². The Morgan fingerprint density at radius 1 is 1.60 bits per heavy atom. The smallest absolute Gasteiger partial charge is 0.214 e. The van der Waals surface area contributed by atoms with E-state index in [2.05, 4.69) is 15.0 Å². The van der Waals surface area contributed by atoms with Crippen molar-refractivity contribution >= 4 is 11.8 Å². The minimum atomic E-state index is -1.70. The van der Waals surface area contributed by atoms with Gasteiger partial charge in [0.25, 0.3) is 0 Å². The molecule has 2 heterocycles. The number of H-pyrrole nitrogens is 1. The molecule has 110 valence electrons. The molecule has 0 radical (unpaired) electrons. The Kier molecular flexibility index (Phi) is 3.97. The van der Waals surface area contributed by atoms with Crippen molar-refractivity contribution in [1.82, 2.24) is 9.97 Å². The number of rotatable bonds is 3. The van der Waals surface area contributed by atoms with Gasteiger partial charge in [0.1, 0.15) is 18.3 Å². The minimum absolute atomic E-state index is 0.105. The third-order valence-electron chi connectivity index (χ3n) is 2.88. The molecule has 20 heavy (non-hydrogen) atoms. The molecule has 1 fully saturated rings. The predicted molar refractivity (Wildman–Crippen MR) is 66.8 cm³/mol. The molecule has 0 saturated carbocycles. The lowest BCUT2D eigenvalue weighted by Gasteiger charge is -2.10. The molecular weight excluding hydrogens is 271 g/mol. The number of ether oxygens (including phenoxy) is 1. The summed E-state index contributed by atoms with van der Waals surface area (Å²) in [5.41, 5.74) is 10.8. The second-order valence-corrected chi connectivity index (χ2v) is 4.28. The number of hydrogen-bond donors (Lipinski definition) is 6. The molecule has 2 rings (SSSR count). The van der Waals surface area contributed by atoms with Crippen LogP contribution in [0.5, 0.6) is 0 Å². The summed E-state index contributed by atoms with van der Waals surface area (Å²) >= 11 is 0. The molecule has 1 aromatic rings. The monoisotopic (exact) mass is 286 g/mol. The summed E-state index contributed by atoms with van der Waals surface area (Å²) in [7, 11) is 0. The van der Waals surface area contributed by atoms with Crippen molar-refractivity contribution in [3.05, 3.63) is 17.7 Å². The summed E-state index contributed by atoms with van der Waals surface area (Å²) in [6.45, 7) is -0.493. The maximum Gasteiger partial charge on any atom is 0.214 e. The highest BCUT2D eigenvalue weighted by atomic mass is 19.1. The molecule has 0 amide bonds. The molecule has 9 nitrogen and oxygen atoms in total. The van der Waals surface area contributed by atoms with Crippen LogP contribution in [0.1, 0.15) is 17.6 Å². The fraction of sp³-hybridized carbons (Fsp3) is 0.500. The molecule has 0 aromatic carbocycles. The molecule has 8 N–H and O–H groups in total. The van der Waals surface area contributed by atoms with Crippen LogP contribution in [0, 0.1) is 5.41 Å². The molecule has 4 atom stereocenters. The lowest BCUT2D eigenvalue weighted by molar-refractivity contribution is -0.0235. The van der Waals surface area contributed by atoms with Crippen LogP contribution in [0.15, 0.2) is 11.2 Å². The molecule has 1 aliphatic rings. The van der Waals surface area contributed by atoms with Crippen molar-refractivity contribution < 1.29 is 19.3 Å². The van der Waals surface area contributed by atoms with Gasteiger partial charge in [-0.25, -0.2) is 9.37 Å². The van der Waals surface area contributed by atoms with Gasteiger partial charge in [-0.2, -0.15) is 4.99 Å². The van der Waals surface area contributed by atoms with Crippen LogP contribution < -0.4 is 11.5 Å². The fourth-order valence-electron chi connectivity index (χ4n) is 1.92. The van der Waals surface area contributed by atoms with E-state index in [1.165, 1.54) is 6.20 Å². The number of nitrogens with zero attached hydrogens (tertiary/aromatic N) is 2. The van der Waals surface area contributed by atoms with Crippen LogP contribution in [0.25, 0.3) is 0 Å². The quantitative estimate of drug-likeness (QED) is 0.281. The van der Waals surface area contributed by atoms with E-state index in [0.29, 0.717) is 0 Å². The highest BCUT2D eigenvalue weighted by Gasteiger charge is 2.45. The maximum atomic E-state index is 13.9. The van der Waals surface area contributed by atoms with Crippen LogP contribution in [-0.4, -0.2) is 57.0 Å². The van der Waals surface area contributed by atoms with E-state index in [1.807, 2.05) is 0 Å². The Balaban J connectivity index is 2.19. The number of aliphatic imine (C=N–C) groups is 1. The van der Waals surface area contributed by atoms with Crippen molar-refractivity contribution in [2.24, 2.45) is 16.5 Å². The van der Waals surface area contributed by atoms with Gasteiger partial charge in [0.05, 0.1) is 18.5 Å². The Morgan fingerprint density at radius 3 is 2.85 bits per heavy atom. The number of aliphatic hydroxyl groups is 2. The molecule has 0 spiro atoms. The normalized spacial score (nSPS) is 30.6. The van der Waals surface area contributed by atoms with Gasteiger partial charge < -0.3 is 31.4 Å². The zero-order valence-corrected chi connectivity index (χ0v) is 10.3. The first-order valence-corrected chi connectivity index (χ1v) is 5.76. The molecule has 1 unspecified atom stereocenters. The van der Waals surface area contributed by atoms with Crippen LogP contribution >= 0.6 is 0 Å². The van der Waals surface area contributed by atoms with Crippen LogP contribution in [0.4, 0.5) is 4.39 Å². The summed E-state index contributed by atoms with van der Waals surface area (Å²) in [5, 5.41) is 25.5. The average Bonchev–Trinajstić information content (AvgIpc) is 2.96. The summed E-state index contributed by atoms with van der Waals surface area (Å²) < 4.78 is 19.1. The van der Waals surface area contributed by atoms with Crippen molar-refractivity contribution in [3.8, 4) is 0 Å². The number of halogens is 1. The maximum absolute atomic E-state index is 13.9. The van der Waals surface area contributed by atoms with E-state index >= 15 is 0 Å². The van der Waals surface area contributed by atoms with Gasteiger partial charge in [0, 0.05) is 0 Å². The first-order valence-electron chi connectivity index (χ1n) is 5.76. The molecule has 1 aliphatic heterocycles. The third kappa shape index (κ3) is 2.61.